The predicted octanol–water partition coefficient (Wildman–Crippen LogP) is 4.31. The Morgan fingerprint density at radius 3 is 2.57 bits per heavy atom. The van der Waals surface area contributed by atoms with E-state index in [9.17, 15) is 9.18 Å². The number of aryl methyl sites for hydroxylation is 1. The molecule has 0 radical (unpaired) electrons. The number of rotatable bonds is 5. The first-order valence-electron chi connectivity index (χ1n) is 6.98. The highest BCUT2D eigenvalue weighted by Gasteiger charge is 2.18. The first-order chi connectivity index (χ1) is 10.9. The average Bonchev–Trinajstić information content (AvgIpc) is 2.50. The van der Waals surface area contributed by atoms with E-state index in [-0.39, 0.29) is 11.7 Å². The van der Waals surface area contributed by atoms with Gasteiger partial charge in [-0.3, -0.25) is 4.79 Å². The zero-order chi connectivity index (χ0) is 17.0. The topological polar surface area (TPSA) is 47.6 Å². The van der Waals surface area contributed by atoms with Gasteiger partial charge in [0.1, 0.15) is 17.3 Å². The fourth-order valence-corrected chi connectivity index (χ4v) is 2.41. The molecular weight excluding hydrogens is 365 g/mol. The predicted molar refractivity (Wildman–Crippen MR) is 90.6 cm³/mol. The summed E-state index contributed by atoms with van der Waals surface area (Å²) in [6.45, 7) is 3.54. The number of benzene rings is 2. The van der Waals surface area contributed by atoms with Gasteiger partial charge < -0.3 is 14.8 Å². The van der Waals surface area contributed by atoms with Crippen molar-refractivity contribution >= 4 is 27.5 Å². The number of anilines is 1. The Morgan fingerprint density at radius 1 is 1.22 bits per heavy atom. The summed E-state index contributed by atoms with van der Waals surface area (Å²) >= 11 is 3.21. The molecule has 0 saturated carbocycles. The lowest BCUT2D eigenvalue weighted by atomic mass is 10.2. The second-order valence-electron chi connectivity index (χ2n) is 5.03. The van der Waals surface area contributed by atoms with Crippen molar-refractivity contribution in [3.05, 3.63) is 52.3 Å². The molecule has 2 aromatic rings. The van der Waals surface area contributed by atoms with Crippen LogP contribution in [0.5, 0.6) is 11.5 Å². The molecule has 0 fully saturated rings. The molecule has 122 valence electrons. The van der Waals surface area contributed by atoms with Crippen molar-refractivity contribution in [2.24, 2.45) is 0 Å². The lowest BCUT2D eigenvalue weighted by Crippen LogP contribution is -2.30. The molecule has 0 saturated heterocycles. The molecule has 1 atom stereocenters. The molecule has 0 aliphatic carbocycles. The van der Waals surface area contributed by atoms with Crippen molar-refractivity contribution in [1.82, 2.24) is 0 Å². The quantitative estimate of drug-likeness (QED) is 0.839. The summed E-state index contributed by atoms with van der Waals surface area (Å²) in [4.78, 5) is 12.3. The van der Waals surface area contributed by atoms with Crippen LogP contribution < -0.4 is 14.8 Å². The van der Waals surface area contributed by atoms with Crippen LogP contribution in [0.4, 0.5) is 10.1 Å². The molecule has 0 bridgehead atoms. The molecule has 1 N–H and O–H groups in total. The summed E-state index contributed by atoms with van der Waals surface area (Å²) < 4.78 is 24.3. The van der Waals surface area contributed by atoms with Crippen molar-refractivity contribution < 1.29 is 18.7 Å². The minimum Gasteiger partial charge on any atom is -0.495 e. The van der Waals surface area contributed by atoms with Crippen molar-refractivity contribution in [2.45, 2.75) is 20.0 Å². The van der Waals surface area contributed by atoms with Crippen LogP contribution in [-0.2, 0) is 4.79 Å². The number of hydrogen-bond donors (Lipinski definition) is 1. The van der Waals surface area contributed by atoms with Crippen LogP contribution in [0.3, 0.4) is 0 Å². The third-order valence-corrected chi connectivity index (χ3v) is 3.80. The van der Waals surface area contributed by atoms with E-state index in [1.54, 1.807) is 13.0 Å². The third-order valence-electron chi connectivity index (χ3n) is 3.18. The zero-order valence-electron chi connectivity index (χ0n) is 13.0. The SMILES string of the molecule is COc1ccc(C)cc1NC(=O)[C@H](C)Oc1ccc(F)cc1Br. The van der Waals surface area contributed by atoms with Gasteiger partial charge in [-0.15, -0.1) is 0 Å². The minimum absolute atomic E-state index is 0.329. The van der Waals surface area contributed by atoms with Gasteiger partial charge in [-0.1, -0.05) is 6.07 Å². The average molecular weight is 382 g/mol. The standard InChI is InChI=1S/C17H17BrFNO3/c1-10-4-6-16(22-3)14(8-10)20-17(21)11(2)23-15-7-5-12(19)9-13(15)18/h4-9,11H,1-3H3,(H,20,21)/t11-/m0/s1. The Bertz CT molecular complexity index is 721. The molecule has 0 heterocycles. The molecule has 0 aromatic heterocycles. The minimum atomic E-state index is -0.762. The second-order valence-corrected chi connectivity index (χ2v) is 5.88. The van der Waals surface area contributed by atoms with Gasteiger partial charge in [-0.05, 0) is 65.7 Å². The van der Waals surface area contributed by atoms with E-state index >= 15 is 0 Å². The molecule has 0 aliphatic rings. The van der Waals surface area contributed by atoms with Crippen LogP contribution in [0.1, 0.15) is 12.5 Å². The van der Waals surface area contributed by atoms with E-state index < -0.39 is 6.10 Å². The van der Waals surface area contributed by atoms with Crippen LogP contribution in [-0.4, -0.2) is 19.1 Å². The summed E-state index contributed by atoms with van der Waals surface area (Å²) in [5, 5.41) is 2.77. The lowest BCUT2D eigenvalue weighted by molar-refractivity contribution is -0.122. The molecule has 2 rings (SSSR count). The molecule has 0 aliphatic heterocycles. The first kappa shape index (κ1) is 17.3. The molecule has 0 unspecified atom stereocenters. The number of halogens is 2. The number of methoxy groups -OCH3 is 1. The van der Waals surface area contributed by atoms with Crippen molar-refractivity contribution in [3.63, 3.8) is 0 Å². The fourth-order valence-electron chi connectivity index (χ4n) is 1.97. The highest BCUT2D eigenvalue weighted by molar-refractivity contribution is 9.10. The van der Waals surface area contributed by atoms with Gasteiger partial charge >= 0.3 is 0 Å². The van der Waals surface area contributed by atoms with E-state index in [1.807, 2.05) is 19.1 Å². The van der Waals surface area contributed by atoms with Crippen LogP contribution in [0.2, 0.25) is 0 Å². The van der Waals surface area contributed by atoms with Gasteiger partial charge in [0.15, 0.2) is 6.10 Å². The number of ether oxygens (including phenoxy) is 2. The molecule has 1 amide bonds. The first-order valence-corrected chi connectivity index (χ1v) is 7.77. The summed E-state index contributed by atoms with van der Waals surface area (Å²) in [5.41, 5.74) is 1.57. The number of amides is 1. The van der Waals surface area contributed by atoms with E-state index in [0.717, 1.165) is 5.56 Å². The van der Waals surface area contributed by atoms with Crippen LogP contribution in [0, 0.1) is 12.7 Å². The summed E-state index contributed by atoms with van der Waals surface area (Å²) in [6, 6.07) is 9.52. The molecule has 0 spiro atoms. The zero-order valence-corrected chi connectivity index (χ0v) is 14.6. The molecule has 6 heteroatoms. The third kappa shape index (κ3) is 4.45. The Hall–Kier alpha value is -2.08. The van der Waals surface area contributed by atoms with Gasteiger partial charge in [0.05, 0.1) is 17.3 Å². The van der Waals surface area contributed by atoms with Crippen LogP contribution >= 0.6 is 15.9 Å². The maximum atomic E-state index is 13.1. The van der Waals surface area contributed by atoms with Crippen LogP contribution in [0.15, 0.2) is 40.9 Å². The van der Waals surface area contributed by atoms with Crippen molar-refractivity contribution in [2.75, 3.05) is 12.4 Å². The van der Waals surface area contributed by atoms with Crippen molar-refractivity contribution in [1.29, 1.82) is 0 Å². The normalized spacial score (nSPS) is 11.7. The van der Waals surface area contributed by atoms with Gasteiger partial charge in [0.25, 0.3) is 5.91 Å². The summed E-state index contributed by atoms with van der Waals surface area (Å²) in [5.74, 6) is 0.250. The number of carbonyl (C=O) groups excluding carboxylic acids is 1. The lowest BCUT2D eigenvalue weighted by Gasteiger charge is -2.17. The molecule has 4 nitrogen and oxygen atoms in total. The maximum absolute atomic E-state index is 13.1. The van der Waals surface area contributed by atoms with Gasteiger partial charge in [0.2, 0.25) is 0 Å². The number of nitrogens with one attached hydrogen (secondary N) is 1. The van der Waals surface area contributed by atoms with Gasteiger partial charge in [-0.25, -0.2) is 4.39 Å². The smallest absolute Gasteiger partial charge is 0.265 e. The van der Waals surface area contributed by atoms with E-state index in [4.69, 9.17) is 9.47 Å². The van der Waals surface area contributed by atoms with Gasteiger partial charge in [-0.2, -0.15) is 0 Å². The molecular formula is C17H17BrFNO3. The molecule has 2 aromatic carbocycles. The van der Waals surface area contributed by atoms with Crippen LogP contribution in [0.25, 0.3) is 0 Å². The largest absolute Gasteiger partial charge is 0.495 e. The maximum Gasteiger partial charge on any atom is 0.265 e. The van der Waals surface area contributed by atoms with E-state index in [1.165, 1.54) is 25.3 Å². The highest BCUT2D eigenvalue weighted by Crippen LogP contribution is 2.28. The second kappa shape index (κ2) is 7.46. The summed E-state index contributed by atoms with van der Waals surface area (Å²) in [6.07, 6.45) is -0.762. The Morgan fingerprint density at radius 2 is 1.91 bits per heavy atom. The number of carbonyl (C=O) groups is 1. The van der Waals surface area contributed by atoms with Gasteiger partial charge in [0, 0.05) is 0 Å². The number of hydrogen-bond acceptors (Lipinski definition) is 3. The Labute approximate surface area is 142 Å². The monoisotopic (exact) mass is 381 g/mol. The fraction of sp³-hybridized carbons (Fsp3) is 0.235. The highest BCUT2D eigenvalue weighted by atomic mass is 79.9. The summed E-state index contributed by atoms with van der Waals surface area (Å²) in [7, 11) is 1.54. The molecule has 23 heavy (non-hydrogen) atoms. The van der Waals surface area contributed by atoms with Crippen molar-refractivity contribution in [3.8, 4) is 11.5 Å². The van der Waals surface area contributed by atoms with E-state index in [2.05, 4.69) is 21.2 Å². The van der Waals surface area contributed by atoms with E-state index in [0.29, 0.717) is 21.7 Å². The Balaban J connectivity index is 2.10. The Kier molecular flexibility index (Phi) is 5.60.